The number of nitrogens with one attached hydrogen (secondary N) is 1. The second-order valence-corrected chi connectivity index (χ2v) is 6.11. The largest absolute Gasteiger partial charge is 0.466 e. The van der Waals surface area contributed by atoms with Gasteiger partial charge in [-0.05, 0) is 38.0 Å². The zero-order valence-corrected chi connectivity index (χ0v) is 14.0. The molecule has 21 heavy (non-hydrogen) atoms. The first-order valence-electron chi connectivity index (χ1n) is 8.18. The van der Waals surface area contributed by atoms with Crippen molar-refractivity contribution in [2.45, 2.75) is 46.5 Å². The summed E-state index contributed by atoms with van der Waals surface area (Å²) in [6, 6.07) is 0. The van der Waals surface area contributed by atoms with E-state index in [0.717, 1.165) is 43.9 Å². The summed E-state index contributed by atoms with van der Waals surface area (Å²) in [6.45, 7) is 9.79. The highest BCUT2D eigenvalue weighted by atomic mass is 16.5. The van der Waals surface area contributed by atoms with Crippen molar-refractivity contribution in [1.29, 1.82) is 0 Å². The average molecular weight is 297 g/mol. The van der Waals surface area contributed by atoms with E-state index in [2.05, 4.69) is 29.1 Å². The molecule has 1 aliphatic rings. The Morgan fingerprint density at radius 3 is 2.86 bits per heavy atom. The van der Waals surface area contributed by atoms with Crippen LogP contribution in [0.15, 0.2) is 4.99 Å². The molecule has 0 aliphatic carbocycles. The Balaban J connectivity index is 2.25. The van der Waals surface area contributed by atoms with Gasteiger partial charge in [0.1, 0.15) is 0 Å². The quantitative estimate of drug-likeness (QED) is 0.339. The second kappa shape index (κ2) is 9.64. The molecule has 0 amide bonds. The number of carbonyl (C=O) groups is 1. The molecule has 1 rings (SSSR count). The van der Waals surface area contributed by atoms with E-state index in [1.54, 1.807) is 0 Å². The zero-order chi connectivity index (χ0) is 15.7. The summed E-state index contributed by atoms with van der Waals surface area (Å²) in [7, 11) is 1.82. The summed E-state index contributed by atoms with van der Waals surface area (Å²) in [5.74, 6) is 2.38. The molecule has 122 valence electrons. The number of aliphatic imine (C=N–C) groups is 1. The molecule has 1 atom stereocenters. The Morgan fingerprint density at radius 1 is 1.48 bits per heavy atom. The lowest BCUT2D eigenvalue weighted by Gasteiger charge is -2.22. The normalized spacial score (nSPS) is 19.2. The van der Waals surface area contributed by atoms with Crippen LogP contribution in [0.5, 0.6) is 0 Å². The van der Waals surface area contributed by atoms with Crippen LogP contribution in [0.25, 0.3) is 0 Å². The number of ether oxygens (including phenoxy) is 1. The summed E-state index contributed by atoms with van der Waals surface area (Å²) in [4.78, 5) is 18.0. The first-order valence-corrected chi connectivity index (χ1v) is 8.18. The van der Waals surface area contributed by atoms with Gasteiger partial charge < -0.3 is 15.0 Å². The van der Waals surface area contributed by atoms with Gasteiger partial charge in [0.05, 0.1) is 6.61 Å². The van der Waals surface area contributed by atoms with Crippen molar-refractivity contribution >= 4 is 11.9 Å². The number of esters is 1. The van der Waals surface area contributed by atoms with Gasteiger partial charge in [0.25, 0.3) is 0 Å². The lowest BCUT2D eigenvalue weighted by atomic mass is 9.97. The Bertz CT molecular complexity index is 342. The van der Waals surface area contributed by atoms with E-state index in [1.807, 2.05) is 14.0 Å². The van der Waals surface area contributed by atoms with Crippen LogP contribution in [0.1, 0.15) is 46.5 Å². The van der Waals surface area contributed by atoms with Crippen molar-refractivity contribution in [2.24, 2.45) is 16.8 Å². The van der Waals surface area contributed by atoms with Gasteiger partial charge in [-0.3, -0.25) is 9.79 Å². The first-order chi connectivity index (χ1) is 10.1. The van der Waals surface area contributed by atoms with E-state index in [1.165, 1.54) is 12.8 Å². The van der Waals surface area contributed by atoms with Gasteiger partial charge in [-0.1, -0.05) is 13.8 Å². The molecule has 1 N–H and O–H groups in total. The smallest absolute Gasteiger partial charge is 0.305 e. The molecule has 0 radical (unpaired) electrons. The third-order valence-electron chi connectivity index (χ3n) is 3.75. The zero-order valence-electron chi connectivity index (χ0n) is 14.0. The van der Waals surface area contributed by atoms with Gasteiger partial charge in [-0.25, -0.2) is 0 Å². The van der Waals surface area contributed by atoms with E-state index in [0.29, 0.717) is 13.0 Å². The second-order valence-electron chi connectivity index (χ2n) is 6.11. The van der Waals surface area contributed by atoms with Crippen molar-refractivity contribution < 1.29 is 9.53 Å². The van der Waals surface area contributed by atoms with E-state index in [-0.39, 0.29) is 5.97 Å². The molecule has 0 aromatic heterocycles. The van der Waals surface area contributed by atoms with Crippen molar-refractivity contribution in [3.05, 3.63) is 0 Å². The Hall–Kier alpha value is -1.26. The summed E-state index contributed by atoms with van der Waals surface area (Å²) >= 11 is 0. The molecule has 0 saturated carbocycles. The molecule has 0 spiro atoms. The number of nitrogens with zero attached hydrogens (tertiary/aromatic N) is 2. The van der Waals surface area contributed by atoms with Crippen LogP contribution < -0.4 is 5.32 Å². The maximum atomic E-state index is 11.3. The maximum absolute atomic E-state index is 11.3. The van der Waals surface area contributed by atoms with Gasteiger partial charge in [0.2, 0.25) is 0 Å². The third kappa shape index (κ3) is 6.82. The number of guanidine groups is 1. The molecular weight excluding hydrogens is 266 g/mol. The number of carbonyl (C=O) groups excluding carboxylic acids is 1. The average Bonchev–Trinajstić information content (AvgIpc) is 2.86. The van der Waals surface area contributed by atoms with Crippen molar-refractivity contribution in [1.82, 2.24) is 10.2 Å². The van der Waals surface area contributed by atoms with E-state index in [9.17, 15) is 4.79 Å². The Kier molecular flexibility index (Phi) is 8.16. The lowest BCUT2D eigenvalue weighted by Crippen LogP contribution is -2.40. The highest BCUT2D eigenvalue weighted by molar-refractivity contribution is 5.80. The van der Waals surface area contributed by atoms with Crippen LogP contribution >= 0.6 is 0 Å². The summed E-state index contributed by atoms with van der Waals surface area (Å²) in [5, 5.41) is 3.35. The molecule has 5 heteroatoms. The SMILES string of the molecule is CCOC(=O)CCCNC(=NC)N1CCC(CC(C)C)C1. The van der Waals surface area contributed by atoms with E-state index < -0.39 is 0 Å². The third-order valence-corrected chi connectivity index (χ3v) is 3.75. The monoisotopic (exact) mass is 297 g/mol. The molecule has 1 heterocycles. The number of rotatable bonds is 7. The van der Waals surface area contributed by atoms with Crippen LogP contribution in [0, 0.1) is 11.8 Å². The molecular formula is C16H31N3O2. The Labute approximate surface area is 129 Å². The van der Waals surface area contributed by atoms with Gasteiger partial charge in [-0.15, -0.1) is 0 Å². The fourth-order valence-electron chi connectivity index (χ4n) is 2.88. The molecule has 0 bridgehead atoms. The molecule has 1 saturated heterocycles. The van der Waals surface area contributed by atoms with Crippen LogP contribution in [0.3, 0.4) is 0 Å². The molecule has 0 aromatic rings. The lowest BCUT2D eigenvalue weighted by molar-refractivity contribution is -0.143. The Morgan fingerprint density at radius 2 is 2.24 bits per heavy atom. The fraction of sp³-hybridized carbons (Fsp3) is 0.875. The predicted molar refractivity (Wildman–Crippen MR) is 86.4 cm³/mol. The highest BCUT2D eigenvalue weighted by Crippen LogP contribution is 2.23. The van der Waals surface area contributed by atoms with Gasteiger partial charge in [0, 0.05) is 33.1 Å². The van der Waals surface area contributed by atoms with E-state index in [4.69, 9.17) is 4.74 Å². The number of hydrogen-bond acceptors (Lipinski definition) is 3. The maximum Gasteiger partial charge on any atom is 0.305 e. The minimum atomic E-state index is -0.118. The van der Waals surface area contributed by atoms with Crippen LogP contribution in [0.4, 0.5) is 0 Å². The predicted octanol–water partition coefficient (Wildman–Crippen LogP) is 2.27. The van der Waals surface area contributed by atoms with Crippen LogP contribution in [-0.4, -0.2) is 50.1 Å². The fourth-order valence-corrected chi connectivity index (χ4v) is 2.88. The topological polar surface area (TPSA) is 53.9 Å². The highest BCUT2D eigenvalue weighted by Gasteiger charge is 2.25. The number of hydrogen-bond donors (Lipinski definition) is 1. The van der Waals surface area contributed by atoms with Crippen molar-refractivity contribution in [2.75, 3.05) is 33.3 Å². The van der Waals surface area contributed by atoms with Gasteiger partial charge in [-0.2, -0.15) is 0 Å². The molecule has 1 fully saturated rings. The van der Waals surface area contributed by atoms with Gasteiger partial charge in [0.15, 0.2) is 5.96 Å². The molecule has 0 aromatic carbocycles. The standard InChI is InChI=1S/C16H31N3O2/c1-5-21-15(20)7-6-9-18-16(17-4)19-10-8-14(12-19)11-13(2)3/h13-14H,5-12H2,1-4H3,(H,17,18). The molecule has 1 unspecified atom stereocenters. The van der Waals surface area contributed by atoms with Crippen LogP contribution in [-0.2, 0) is 9.53 Å². The first kappa shape index (κ1) is 17.8. The summed E-state index contributed by atoms with van der Waals surface area (Å²) < 4.78 is 4.92. The summed E-state index contributed by atoms with van der Waals surface area (Å²) in [5.41, 5.74) is 0. The van der Waals surface area contributed by atoms with Gasteiger partial charge >= 0.3 is 5.97 Å². The minimum absolute atomic E-state index is 0.118. The van der Waals surface area contributed by atoms with Crippen molar-refractivity contribution in [3.63, 3.8) is 0 Å². The van der Waals surface area contributed by atoms with Crippen molar-refractivity contribution in [3.8, 4) is 0 Å². The van der Waals surface area contributed by atoms with E-state index >= 15 is 0 Å². The van der Waals surface area contributed by atoms with Crippen LogP contribution in [0.2, 0.25) is 0 Å². The number of likely N-dealkylation sites (tertiary alicyclic amines) is 1. The minimum Gasteiger partial charge on any atom is -0.466 e. The molecule has 1 aliphatic heterocycles. The molecule has 5 nitrogen and oxygen atoms in total. The summed E-state index contributed by atoms with van der Waals surface area (Å²) in [6.07, 6.45) is 3.78.